The number of amides is 1. The van der Waals surface area contributed by atoms with Crippen LogP contribution in [0.15, 0.2) is 36.4 Å². The van der Waals surface area contributed by atoms with Gasteiger partial charge in [-0.25, -0.2) is 4.79 Å². The minimum atomic E-state index is -1.02. The van der Waals surface area contributed by atoms with Crippen LogP contribution in [0.2, 0.25) is 0 Å². The molecular weight excluding hydrogens is 336 g/mol. The second kappa shape index (κ2) is 8.78. The van der Waals surface area contributed by atoms with Gasteiger partial charge in [-0.3, -0.25) is 9.69 Å². The Kier molecular flexibility index (Phi) is 6.73. The lowest BCUT2D eigenvalue weighted by Crippen LogP contribution is -2.37. The van der Waals surface area contributed by atoms with E-state index in [0.29, 0.717) is 11.5 Å². The summed E-state index contributed by atoms with van der Waals surface area (Å²) < 4.78 is 0. The zero-order valence-corrected chi connectivity index (χ0v) is 15.6. The SMILES string of the molecule is CCc1cc(C(=O)O)c(NC(=O)CN(Cc2ccccc2)C(C)C)s1. The van der Waals surface area contributed by atoms with E-state index >= 15 is 0 Å². The van der Waals surface area contributed by atoms with Gasteiger partial charge >= 0.3 is 5.97 Å². The molecule has 2 N–H and O–H groups in total. The smallest absolute Gasteiger partial charge is 0.338 e. The molecule has 1 heterocycles. The Hall–Kier alpha value is -2.18. The van der Waals surface area contributed by atoms with E-state index in [1.165, 1.54) is 11.3 Å². The molecule has 0 saturated carbocycles. The number of rotatable bonds is 8. The van der Waals surface area contributed by atoms with Gasteiger partial charge in [0.15, 0.2) is 0 Å². The summed E-state index contributed by atoms with van der Waals surface area (Å²) >= 11 is 1.32. The Morgan fingerprint density at radius 3 is 2.48 bits per heavy atom. The molecule has 0 aliphatic heterocycles. The molecule has 1 amide bonds. The zero-order chi connectivity index (χ0) is 18.4. The molecule has 6 heteroatoms. The van der Waals surface area contributed by atoms with Crippen molar-refractivity contribution in [2.24, 2.45) is 0 Å². The minimum Gasteiger partial charge on any atom is -0.478 e. The molecule has 2 aromatic rings. The van der Waals surface area contributed by atoms with Crippen LogP contribution in [0.4, 0.5) is 5.00 Å². The summed E-state index contributed by atoms with van der Waals surface area (Å²) in [7, 11) is 0. The standard InChI is InChI=1S/C19H24N2O3S/c1-4-15-10-16(19(23)24)18(25-15)20-17(22)12-21(13(2)3)11-14-8-6-5-7-9-14/h5-10,13H,4,11-12H2,1-3H3,(H,20,22)(H,23,24). The average molecular weight is 360 g/mol. The van der Waals surface area contributed by atoms with Gasteiger partial charge in [-0.15, -0.1) is 11.3 Å². The van der Waals surface area contributed by atoms with Gasteiger partial charge < -0.3 is 10.4 Å². The molecule has 0 radical (unpaired) electrons. The van der Waals surface area contributed by atoms with Crippen LogP contribution in [0, 0.1) is 0 Å². The summed E-state index contributed by atoms with van der Waals surface area (Å²) in [5.41, 5.74) is 1.30. The molecule has 0 unspecified atom stereocenters. The number of carbonyl (C=O) groups excluding carboxylic acids is 1. The molecule has 0 fully saturated rings. The van der Waals surface area contributed by atoms with Crippen LogP contribution in [-0.2, 0) is 17.8 Å². The quantitative estimate of drug-likeness (QED) is 0.750. The highest BCUT2D eigenvalue weighted by Crippen LogP contribution is 2.28. The van der Waals surface area contributed by atoms with Crippen molar-refractivity contribution in [1.29, 1.82) is 0 Å². The lowest BCUT2D eigenvalue weighted by atomic mass is 10.2. The molecule has 5 nitrogen and oxygen atoms in total. The first kappa shape index (κ1) is 19.1. The first-order chi connectivity index (χ1) is 11.9. The van der Waals surface area contributed by atoms with E-state index in [1.54, 1.807) is 6.07 Å². The second-order valence-corrected chi connectivity index (χ2v) is 7.28. The summed E-state index contributed by atoms with van der Waals surface area (Å²) in [6.45, 7) is 6.93. The van der Waals surface area contributed by atoms with Crippen molar-refractivity contribution in [3.05, 3.63) is 52.4 Å². The molecule has 0 saturated heterocycles. The van der Waals surface area contributed by atoms with E-state index < -0.39 is 5.97 Å². The van der Waals surface area contributed by atoms with Crippen molar-refractivity contribution in [2.75, 3.05) is 11.9 Å². The van der Waals surface area contributed by atoms with Crippen molar-refractivity contribution in [3.63, 3.8) is 0 Å². The van der Waals surface area contributed by atoms with Crippen molar-refractivity contribution >= 4 is 28.2 Å². The number of anilines is 1. The molecule has 0 atom stereocenters. The molecule has 1 aromatic heterocycles. The Labute approximate surface area is 152 Å². The third kappa shape index (κ3) is 5.41. The summed E-state index contributed by atoms with van der Waals surface area (Å²) in [5.74, 6) is -1.21. The Bertz CT molecular complexity index is 726. The first-order valence-corrected chi connectivity index (χ1v) is 9.16. The fraction of sp³-hybridized carbons (Fsp3) is 0.368. The number of hydrogen-bond donors (Lipinski definition) is 2. The molecule has 25 heavy (non-hydrogen) atoms. The van der Waals surface area contributed by atoms with Crippen molar-refractivity contribution < 1.29 is 14.7 Å². The van der Waals surface area contributed by atoms with E-state index in [1.807, 2.05) is 51.1 Å². The molecule has 0 bridgehead atoms. The number of carbonyl (C=O) groups is 2. The van der Waals surface area contributed by atoms with Gasteiger partial charge in [0.25, 0.3) is 0 Å². The Morgan fingerprint density at radius 2 is 1.92 bits per heavy atom. The molecular formula is C19H24N2O3S. The largest absolute Gasteiger partial charge is 0.478 e. The first-order valence-electron chi connectivity index (χ1n) is 8.34. The number of aromatic carboxylic acids is 1. The van der Waals surface area contributed by atoms with Crippen LogP contribution < -0.4 is 5.32 Å². The number of hydrogen-bond acceptors (Lipinski definition) is 4. The van der Waals surface area contributed by atoms with E-state index in [2.05, 4.69) is 10.2 Å². The maximum atomic E-state index is 12.5. The highest BCUT2D eigenvalue weighted by molar-refractivity contribution is 7.16. The topological polar surface area (TPSA) is 69.6 Å². The highest BCUT2D eigenvalue weighted by atomic mass is 32.1. The van der Waals surface area contributed by atoms with Crippen LogP contribution in [0.1, 0.15) is 41.6 Å². The predicted octanol–water partition coefficient (Wildman–Crippen LogP) is 3.86. The molecule has 1 aromatic carbocycles. The third-order valence-electron chi connectivity index (χ3n) is 3.92. The van der Waals surface area contributed by atoms with Gasteiger partial charge in [0, 0.05) is 17.5 Å². The number of thiophene rings is 1. The lowest BCUT2D eigenvalue weighted by molar-refractivity contribution is -0.117. The van der Waals surface area contributed by atoms with Gasteiger partial charge in [-0.2, -0.15) is 0 Å². The number of benzene rings is 1. The maximum absolute atomic E-state index is 12.5. The average Bonchev–Trinajstić information content (AvgIpc) is 2.98. The van der Waals surface area contributed by atoms with E-state index in [9.17, 15) is 14.7 Å². The fourth-order valence-corrected chi connectivity index (χ4v) is 3.46. The number of carboxylic acids is 1. The van der Waals surface area contributed by atoms with Crippen LogP contribution in [0.3, 0.4) is 0 Å². The maximum Gasteiger partial charge on any atom is 0.338 e. The second-order valence-electron chi connectivity index (χ2n) is 6.15. The molecule has 0 aliphatic carbocycles. The summed E-state index contributed by atoms with van der Waals surface area (Å²) in [6.07, 6.45) is 0.743. The van der Waals surface area contributed by atoms with E-state index in [4.69, 9.17) is 0 Å². The minimum absolute atomic E-state index is 0.161. The zero-order valence-electron chi connectivity index (χ0n) is 14.8. The number of aryl methyl sites for hydroxylation is 1. The van der Waals surface area contributed by atoms with Gasteiger partial charge in [-0.1, -0.05) is 37.3 Å². The van der Waals surface area contributed by atoms with Crippen molar-refractivity contribution in [1.82, 2.24) is 4.90 Å². The number of carboxylic acid groups (broad SMARTS) is 1. The highest BCUT2D eigenvalue weighted by Gasteiger charge is 2.19. The summed E-state index contributed by atoms with van der Waals surface area (Å²) in [6, 6.07) is 11.8. The normalized spacial score (nSPS) is 11.1. The monoisotopic (exact) mass is 360 g/mol. The van der Waals surface area contributed by atoms with E-state index in [-0.39, 0.29) is 24.1 Å². The van der Waals surface area contributed by atoms with Crippen molar-refractivity contribution in [2.45, 2.75) is 39.8 Å². The van der Waals surface area contributed by atoms with Crippen molar-refractivity contribution in [3.8, 4) is 0 Å². The molecule has 0 spiro atoms. The fourth-order valence-electron chi connectivity index (χ4n) is 2.46. The van der Waals surface area contributed by atoms with Gasteiger partial charge in [-0.05, 0) is 31.9 Å². The Morgan fingerprint density at radius 1 is 1.24 bits per heavy atom. The predicted molar refractivity (Wildman–Crippen MR) is 101 cm³/mol. The number of nitrogens with one attached hydrogen (secondary N) is 1. The van der Waals surface area contributed by atoms with Gasteiger partial charge in [0.2, 0.25) is 5.91 Å². The third-order valence-corrected chi connectivity index (χ3v) is 5.12. The van der Waals surface area contributed by atoms with E-state index in [0.717, 1.165) is 16.9 Å². The number of nitrogens with zero attached hydrogens (tertiary/aromatic N) is 1. The van der Waals surface area contributed by atoms with Crippen LogP contribution in [0.5, 0.6) is 0 Å². The molecule has 134 valence electrons. The van der Waals surface area contributed by atoms with Gasteiger partial charge in [0.05, 0.1) is 12.1 Å². The van der Waals surface area contributed by atoms with Crippen LogP contribution in [0.25, 0.3) is 0 Å². The van der Waals surface area contributed by atoms with Crippen LogP contribution in [-0.4, -0.2) is 34.5 Å². The Balaban J connectivity index is 2.06. The molecule has 0 aliphatic rings. The summed E-state index contributed by atoms with van der Waals surface area (Å²) in [5, 5.41) is 12.5. The van der Waals surface area contributed by atoms with Gasteiger partial charge in [0.1, 0.15) is 5.00 Å². The summed E-state index contributed by atoms with van der Waals surface area (Å²) in [4.78, 5) is 26.8. The lowest BCUT2D eigenvalue weighted by Gasteiger charge is -2.25. The van der Waals surface area contributed by atoms with Crippen LogP contribution >= 0.6 is 11.3 Å². The molecule has 2 rings (SSSR count).